The van der Waals surface area contributed by atoms with Gasteiger partial charge in [0.15, 0.2) is 5.78 Å². The van der Waals surface area contributed by atoms with E-state index in [2.05, 4.69) is 5.32 Å². The summed E-state index contributed by atoms with van der Waals surface area (Å²) >= 11 is 0. The number of ether oxygens (including phenoxy) is 1. The Morgan fingerprint density at radius 2 is 1.73 bits per heavy atom. The van der Waals surface area contributed by atoms with Gasteiger partial charge in [-0.25, -0.2) is 0 Å². The molecule has 0 saturated heterocycles. The van der Waals surface area contributed by atoms with Crippen molar-refractivity contribution in [2.24, 2.45) is 0 Å². The molecule has 0 unspecified atom stereocenters. The molecule has 0 aliphatic carbocycles. The summed E-state index contributed by atoms with van der Waals surface area (Å²) < 4.78 is 5.07. The Kier molecular flexibility index (Phi) is 6.49. The predicted molar refractivity (Wildman–Crippen MR) is 101 cm³/mol. The number of anilines is 2. The Hall–Kier alpha value is -3.15. The van der Waals surface area contributed by atoms with Crippen molar-refractivity contribution in [3.05, 3.63) is 54.1 Å². The fraction of sp³-hybridized carbons (Fsp3) is 0.250. The molecule has 0 spiro atoms. The molecule has 2 aromatic carbocycles. The van der Waals surface area contributed by atoms with Crippen LogP contribution in [0, 0.1) is 0 Å². The minimum atomic E-state index is -0.205. The first-order valence-corrected chi connectivity index (χ1v) is 8.23. The summed E-state index contributed by atoms with van der Waals surface area (Å²) in [4.78, 5) is 37.1. The number of amides is 2. The van der Waals surface area contributed by atoms with E-state index in [1.807, 2.05) is 0 Å². The third kappa shape index (κ3) is 5.17. The fourth-order valence-corrected chi connectivity index (χ4v) is 2.47. The Morgan fingerprint density at radius 1 is 1.04 bits per heavy atom. The van der Waals surface area contributed by atoms with Gasteiger partial charge in [0, 0.05) is 36.8 Å². The molecule has 0 radical (unpaired) electrons. The second kappa shape index (κ2) is 8.80. The fourth-order valence-electron chi connectivity index (χ4n) is 2.47. The van der Waals surface area contributed by atoms with E-state index in [1.54, 1.807) is 55.6 Å². The molecule has 2 rings (SSSR count). The number of carbonyl (C=O) groups excluding carboxylic acids is 3. The monoisotopic (exact) mass is 354 g/mol. The lowest BCUT2D eigenvalue weighted by molar-refractivity contribution is -0.117. The zero-order valence-corrected chi connectivity index (χ0v) is 15.1. The van der Waals surface area contributed by atoms with Gasteiger partial charge in [-0.05, 0) is 43.3 Å². The van der Waals surface area contributed by atoms with Crippen molar-refractivity contribution in [1.29, 1.82) is 0 Å². The lowest BCUT2D eigenvalue weighted by Gasteiger charge is -2.21. The number of methoxy groups -OCH3 is 1. The van der Waals surface area contributed by atoms with Crippen LogP contribution in [0.25, 0.3) is 0 Å². The van der Waals surface area contributed by atoms with E-state index in [4.69, 9.17) is 4.74 Å². The van der Waals surface area contributed by atoms with Crippen LogP contribution in [0.3, 0.4) is 0 Å². The van der Waals surface area contributed by atoms with E-state index in [0.29, 0.717) is 22.7 Å². The highest BCUT2D eigenvalue weighted by Gasteiger charge is 2.14. The molecule has 136 valence electrons. The second-order valence-corrected chi connectivity index (χ2v) is 5.80. The van der Waals surface area contributed by atoms with Crippen LogP contribution in [-0.4, -0.2) is 31.3 Å². The van der Waals surface area contributed by atoms with Crippen LogP contribution < -0.4 is 15.0 Å². The molecule has 0 saturated carbocycles. The summed E-state index contributed by atoms with van der Waals surface area (Å²) in [5, 5.41) is 2.78. The number of carbonyl (C=O) groups is 3. The van der Waals surface area contributed by atoms with Gasteiger partial charge in [-0.3, -0.25) is 14.4 Å². The van der Waals surface area contributed by atoms with Crippen LogP contribution in [0.4, 0.5) is 11.4 Å². The first-order valence-electron chi connectivity index (χ1n) is 8.23. The van der Waals surface area contributed by atoms with E-state index in [-0.39, 0.29) is 30.6 Å². The average Bonchev–Trinajstić information content (AvgIpc) is 2.62. The normalized spacial score (nSPS) is 10.1. The van der Waals surface area contributed by atoms with Gasteiger partial charge in [0.25, 0.3) is 0 Å². The van der Waals surface area contributed by atoms with Crippen LogP contribution >= 0.6 is 0 Å². The number of nitrogens with zero attached hydrogens (tertiary/aromatic N) is 1. The number of benzene rings is 2. The van der Waals surface area contributed by atoms with Crippen molar-refractivity contribution < 1.29 is 19.1 Å². The molecule has 0 heterocycles. The number of Topliss-reactive ketones (excluding diaryl/α,β-unsaturated/α-hetero) is 1. The summed E-state index contributed by atoms with van der Waals surface area (Å²) in [6.07, 6.45) is 0.135. The van der Waals surface area contributed by atoms with Crippen molar-refractivity contribution in [2.45, 2.75) is 20.3 Å². The Bertz CT molecular complexity index is 800. The molecule has 2 amide bonds. The topological polar surface area (TPSA) is 75.7 Å². The van der Waals surface area contributed by atoms with Gasteiger partial charge >= 0.3 is 0 Å². The summed E-state index contributed by atoms with van der Waals surface area (Å²) in [7, 11) is 1.57. The first kappa shape index (κ1) is 19.2. The third-order valence-electron chi connectivity index (χ3n) is 3.88. The molecule has 26 heavy (non-hydrogen) atoms. The zero-order valence-electron chi connectivity index (χ0n) is 15.1. The predicted octanol–water partition coefficient (Wildman–Crippen LogP) is 3.28. The SMILES string of the molecule is COc1ccc(NC(=O)CCN(C(C)=O)c2cccc(C(C)=O)c2)cc1. The van der Waals surface area contributed by atoms with Crippen molar-refractivity contribution in [3.63, 3.8) is 0 Å². The van der Waals surface area contributed by atoms with Gasteiger partial charge < -0.3 is 15.0 Å². The van der Waals surface area contributed by atoms with Gasteiger partial charge in [0.05, 0.1) is 7.11 Å². The minimum absolute atomic E-state index is 0.0763. The summed E-state index contributed by atoms with van der Waals surface area (Å²) in [6.45, 7) is 3.13. The van der Waals surface area contributed by atoms with Crippen LogP contribution in [-0.2, 0) is 9.59 Å². The Morgan fingerprint density at radius 3 is 2.31 bits per heavy atom. The van der Waals surface area contributed by atoms with E-state index in [1.165, 1.54) is 18.7 Å². The van der Waals surface area contributed by atoms with Crippen LogP contribution in [0.15, 0.2) is 48.5 Å². The third-order valence-corrected chi connectivity index (χ3v) is 3.88. The summed E-state index contributed by atoms with van der Waals surface area (Å²) in [6, 6.07) is 13.8. The second-order valence-electron chi connectivity index (χ2n) is 5.80. The molecular formula is C20H22N2O4. The van der Waals surface area contributed by atoms with Crippen molar-refractivity contribution in [2.75, 3.05) is 23.9 Å². The van der Waals surface area contributed by atoms with Gasteiger partial charge in [0.2, 0.25) is 11.8 Å². The van der Waals surface area contributed by atoms with Gasteiger partial charge in [-0.15, -0.1) is 0 Å². The molecule has 2 aromatic rings. The molecule has 0 bridgehead atoms. The van der Waals surface area contributed by atoms with Crippen molar-refractivity contribution >= 4 is 29.0 Å². The van der Waals surface area contributed by atoms with E-state index < -0.39 is 0 Å². The smallest absolute Gasteiger partial charge is 0.226 e. The van der Waals surface area contributed by atoms with E-state index in [0.717, 1.165) is 0 Å². The van der Waals surface area contributed by atoms with Gasteiger partial charge in [0.1, 0.15) is 5.75 Å². The minimum Gasteiger partial charge on any atom is -0.497 e. The molecule has 0 aliphatic heterocycles. The largest absolute Gasteiger partial charge is 0.497 e. The lowest BCUT2D eigenvalue weighted by Crippen LogP contribution is -2.32. The molecule has 1 N–H and O–H groups in total. The lowest BCUT2D eigenvalue weighted by atomic mass is 10.1. The Labute approximate surface area is 152 Å². The maximum Gasteiger partial charge on any atom is 0.226 e. The molecule has 0 atom stereocenters. The Balaban J connectivity index is 2.01. The quantitative estimate of drug-likeness (QED) is 0.774. The van der Waals surface area contributed by atoms with E-state index >= 15 is 0 Å². The number of hydrogen-bond donors (Lipinski definition) is 1. The van der Waals surface area contributed by atoms with Crippen molar-refractivity contribution in [3.8, 4) is 5.75 Å². The van der Waals surface area contributed by atoms with Crippen LogP contribution in [0.2, 0.25) is 0 Å². The van der Waals surface area contributed by atoms with Gasteiger partial charge in [-0.1, -0.05) is 12.1 Å². The average molecular weight is 354 g/mol. The highest BCUT2D eigenvalue weighted by Crippen LogP contribution is 2.18. The number of nitrogens with one attached hydrogen (secondary N) is 1. The van der Waals surface area contributed by atoms with Crippen LogP contribution in [0.1, 0.15) is 30.6 Å². The molecule has 0 aromatic heterocycles. The summed E-state index contributed by atoms with van der Waals surface area (Å²) in [5.41, 5.74) is 1.78. The maximum atomic E-state index is 12.2. The molecule has 6 heteroatoms. The molecule has 0 fully saturated rings. The van der Waals surface area contributed by atoms with Crippen LogP contribution in [0.5, 0.6) is 5.75 Å². The van der Waals surface area contributed by atoms with E-state index in [9.17, 15) is 14.4 Å². The summed E-state index contributed by atoms with van der Waals surface area (Å²) in [5.74, 6) is 0.232. The molecule has 6 nitrogen and oxygen atoms in total. The highest BCUT2D eigenvalue weighted by atomic mass is 16.5. The maximum absolute atomic E-state index is 12.2. The van der Waals surface area contributed by atoms with Crippen molar-refractivity contribution in [1.82, 2.24) is 0 Å². The van der Waals surface area contributed by atoms with Gasteiger partial charge in [-0.2, -0.15) is 0 Å². The first-order chi connectivity index (χ1) is 12.4. The highest BCUT2D eigenvalue weighted by molar-refractivity contribution is 5.98. The molecule has 0 aliphatic rings. The molecular weight excluding hydrogens is 332 g/mol. The standard InChI is InChI=1S/C20H22N2O4/c1-14(23)16-5-4-6-18(13-16)22(15(2)24)12-11-20(25)21-17-7-9-19(26-3)10-8-17/h4-10,13H,11-12H2,1-3H3,(H,21,25). The zero-order chi connectivity index (χ0) is 19.1. The number of rotatable bonds is 7. The number of ketones is 1. The number of hydrogen-bond acceptors (Lipinski definition) is 4.